The van der Waals surface area contributed by atoms with Crippen molar-refractivity contribution in [1.29, 1.82) is 0 Å². The molecule has 0 radical (unpaired) electrons. The number of piperidine rings is 1. The van der Waals surface area contributed by atoms with Gasteiger partial charge in [0.1, 0.15) is 0 Å². The van der Waals surface area contributed by atoms with Gasteiger partial charge in [-0.15, -0.1) is 0 Å². The summed E-state index contributed by atoms with van der Waals surface area (Å²) < 4.78 is 0. The van der Waals surface area contributed by atoms with Crippen LogP contribution in [0.25, 0.3) is 0 Å². The number of aliphatic hydroxyl groups is 1. The number of aliphatic hydroxyl groups excluding tert-OH is 1. The third kappa shape index (κ3) is 3.77. The van der Waals surface area contributed by atoms with Crippen LogP contribution in [0, 0.1) is 5.41 Å². The number of likely N-dealkylation sites (tertiary alicyclic amines) is 1. The molecule has 1 saturated heterocycles. The van der Waals surface area contributed by atoms with Gasteiger partial charge in [-0.05, 0) is 56.8 Å². The van der Waals surface area contributed by atoms with E-state index in [0.29, 0.717) is 10.8 Å². The SMILES string of the molecule is CCC1(CO)CCN(C(C)C(=O)Nc2cccnc2Cl)CC1. The first-order valence-electron chi connectivity index (χ1n) is 7.77. The minimum absolute atomic E-state index is 0.0271. The number of amides is 1. The van der Waals surface area contributed by atoms with Crippen molar-refractivity contribution in [3.05, 3.63) is 23.5 Å². The molecule has 1 aromatic heterocycles. The predicted molar refractivity (Wildman–Crippen MR) is 88.0 cm³/mol. The fourth-order valence-corrected chi connectivity index (χ4v) is 3.06. The Morgan fingerprint density at radius 2 is 2.23 bits per heavy atom. The molecule has 2 heterocycles. The maximum absolute atomic E-state index is 12.4. The molecule has 2 N–H and O–H groups in total. The number of halogens is 1. The Morgan fingerprint density at radius 1 is 1.55 bits per heavy atom. The Morgan fingerprint density at radius 3 is 2.77 bits per heavy atom. The largest absolute Gasteiger partial charge is 0.396 e. The van der Waals surface area contributed by atoms with E-state index in [1.807, 2.05) is 6.92 Å². The summed E-state index contributed by atoms with van der Waals surface area (Å²) in [4.78, 5) is 18.5. The summed E-state index contributed by atoms with van der Waals surface area (Å²) in [5.74, 6) is -0.0807. The van der Waals surface area contributed by atoms with Gasteiger partial charge in [-0.3, -0.25) is 9.69 Å². The standard InChI is InChI=1S/C16H24ClN3O2/c1-3-16(11-21)6-9-20(10-7-16)12(2)15(22)19-13-5-4-8-18-14(13)17/h4-5,8,12,21H,3,6-7,9-11H2,1-2H3,(H,19,22). The van der Waals surface area contributed by atoms with Gasteiger partial charge in [0.15, 0.2) is 5.15 Å². The zero-order valence-electron chi connectivity index (χ0n) is 13.2. The number of hydrogen-bond acceptors (Lipinski definition) is 4. The van der Waals surface area contributed by atoms with Gasteiger partial charge in [-0.2, -0.15) is 0 Å². The quantitative estimate of drug-likeness (QED) is 0.817. The highest BCUT2D eigenvalue weighted by Gasteiger charge is 2.35. The molecule has 22 heavy (non-hydrogen) atoms. The van der Waals surface area contributed by atoms with Crippen LogP contribution >= 0.6 is 11.6 Å². The highest BCUT2D eigenvalue weighted by molar-refractivity contribution is 6.32. The van der Waals surface area contributed by atoms with Gasteiger partial charge in [0.05, 0.1) is 11.7 Å². The predicted octanol–water partition coefficient (Wildman–Crippen LogP) is 2.55. The lowest BCUT2D eigenvalue weighted by atomic mass is 9.76. The minimum Gasteiger partial charge on any atom is -0.396 e. The fourth-order valence-electron chi connectivity index (χ4n) is 2.89. The molecule has 1 unspecified atom stereocenters. The van der Waals surface area contributed by atoms with Gasteiger partial charge >= 0.3 is 0 Å². The zero-order chi connectivity index (χ0) is 16.2. The second kappa shape index (κ2) is 7.40. The van der Waals surface area contributed by atoms with Crippen molar-refractivity contribution in [3.8, 4) is 0 Å². The first kappa shape index (κ1) is 17.2. The molecule has 1 aromatic rings. The van der Waals surface area contributed by atoms with Crippen molar-refractivity contribution in [2.24, 2.45) is 5.41 Å². The van der Waals surface area contributed by atoms with E-state index in [1.54, 1.807) is 18.3 Å². The lowest BCUT2D eigenvalue weighted by Gasteiger charge is -2.42. The van der Waals surface area contributed by atoms with E-state index in [9.17, 15) is 9.90 Å². The molecule has 0 bridgehead atoms. The normalized spacial score (nSPS) is 19.6. The van der Waals surface area contributed by atoms with Crippen LogP contribution in [-0.4, -0.2) is 46.6 Å². The van der Waals surface area contributed by atoms with E-state index in [-0.39, 0.29) is 24.0 Å². The molecule has 6 heteroatoms. The first-order chi connectivity index (χ1) is 10.5. The molecule has 0 aliphatic carbocycles. The lowest BCUT2D eigenvalue weighted by molar-refractivity contribution is -0.121. The summed E-state index contributed by atoms with van der Waals surface area (Å²) in [6.07, 6.45) is 4.41. The molecule has 2 rings (SSSR count). The monoisotopic (exact) mass is 325 g/mol. The van der Waals surface area contributed by atoms with Crippen molar-refractivity contribution in [2.75, 3.05) is 25.0 Å². The third-order valence-electron chi connectivity index (χ3n) is 4.89. The molecule has 1 aliphatic rings. The number of nitrogens with zero attached hydrogens (tertiary/aromatic N) is 2. The van der Waals surface area contributed by atoms with E-state index < -0.39 is 0 Å². The van der Waals surface area contributed by atoms with Crippen LogP contribution in [0.1, 0.15) is 33.1 Å². The van der Waals surface area contributed by atoms with Crippen molar-refractivity contribution < 1.29 is 9.90 Å². The number of aromatic nitrogens is 1. The number of carbonyl (C=O) groups excluding carboxylic acids is 1. The zero-order valence-corrected chi connectivity index (χ0v) is 13.9. The smallest absolute Gasteiger partial charge is 0.241 e. The highest BCUT2D eigenvalue weighted by atomic mass is 35.5. The minimum atomic E-state index is -0.232. The second-order valence-corrected chi connectivity index (χ2v) is 6.41. The maximum Gasteiger partial charge on any atom is 0.241 e. The molecular formula is C16H24ClN3O2. The summed E-state index contributed by atoms with van der Waals surface area (Å²) in [5.41, 5.74) is 0.565. The molecular weight excluding hydrogens is 302 g/mol. The number of hydrogen-bond donors (Lipinski definition) is 2. The van der Waals surface area contributed by atoms with Crippen LogP contribution in [-0.2, 0) is 4.79 Å². The third-order valence-corrected chi connectivity index (χ3v) is 5.19. The van der Waals surface area contributed by atoms with Crippen LogP contribution in [0.3, 0.4) is 0 Å². The van der Waals surface area contributed by atoms with Crippen LogP contribution in [0.4, 0.5) is 5.69 Å². The van der Waals surface area contributed by atoms with Crippen LogP contribution in [0.2, 0.25) is 5.15 Å². The number of nitrogens with one attached hydrogen (secondary N) is 1. The Hall–Kier alpha value is -1.17. The van der Waals surface area contributed by atoms with Gasteiger partial charge in [-0.1, -0.05) is 18.5 Å². The molecule has 1 atom stereocenters. The van der Waals surface area contributed by atoms with Crippen LogP contribution in [0.15, 0.2) is 18.3 Å². The Bertz CT molecular complexity index is 510. The second-order valence-electron chi connectivity index (χ2n) is 6.05. The van der Waals surface area contributed by atoms with E-state index >= 15 is 0 Å². The fraction of sp³-hybridized carbons (Fsp3) is 0.625. The van der Waals surface area contributed by atoms with Gasteiger partial charge in [0.25, 0.3) is 0 Å². The van der Waals surface area contributed by atoms with E-state index in [2.05, 4.69) is 22.1 Å². The number of anilines is 1. The van der Waals surface area contributed by atoms with Crippen molar-refractivity contribution in [1.82, 2.24) is 9.88 Å². The molecule has 122 valence electrons. The summed E-state index contributed by atoms with van der Waals surface area (Å²) in [6, 6.07) is 3.25. The van der Waals surface area contributed by atoms with E-state index in [0.717, 1.165) is 32.4 Å². The lowest BCUT2D eigenvalue weighted by Crippen LogP contribution is -2.49. The molecule has 1 aliphatic heterocycles. The molecule has 1 fully saturated rings. The van der Waals surface area contributed by atoms with E-state index in [1.165, 1.54) is 0 Å². The first-order valence-corrected chi connectivity index (χ1v) is 8.15. The average Bonchev–Trinajstić information content (AvgIpc) is 2.56. The van der Waals surface area contributed by atoms with Gasteiger partial charge in [0, 0.05) is 12.8 Å². The molecule has 5 nitrogen and oxygen atoms in total. The average molecular weight is 326 g/mol. The van der Waals surface area contributed by atoms with Crippen LogP contribution < -0.4 is 5.32 Å². The number of rotatable bonds is 5. The van der Waals surface area contributed by atoms with Crippen molar-refractivity contribution >= 4 is 23.2 Å². The van der Waals surface area contributed by atoms with Crippen molar-refractivity contribution in [3.63, 3.8) is 0 Å². The molecule has 0 saturated carbocycles. The Labute approximate surface area is 136 Å². The van der Waals surface area contributed by atoms with Crippen LogP contribution in [0.5, 0.6) is 0 Å². The maximum atomic E-state index is 12.4. The number of carbonyl (C=O) groups is 1. The molecule has 0 spiro atoms. The molecule has 1 amide bonds. The number of pyridine rings is 1. The summed E-state index contributed by atoms with van der Waals surface area (Å²) in [7, 11) is 0. The molecule has 0 aromatic carbocycles. The summed E-state index contributed by atoms with van der Waals surface area (Å²) in [6.45, 7) is 5.89. The van der Waals surface area contributed by atoms with E-state index in [4.69, 9.17) is 11.6 Å². The topological polar surface area (TPSA) is 65.5 Å². The Balaban J connectivity index is 1.94. The van der Waals surface area contributed by atoms with Gasteiger partial charge < -0.3 is 10.4 Å². The van der Waals surface area contributed by atoms with Gasteiger partial charge in [0.2, 0.25) is 5.91 Å². The summed E-state index contributed by atoms with van der Waals surface area (Å²) in [5, 5.41) is 12.7. The van der Waals surface area contributed by atoms with Crippen molar-refractivity contribution in [2.45, 2.75) is 39.2 Å². The van der Waals surface area contributed by atoms with Gasteiger partial charge in [-0.25, -0.2) is 4.98 Å². The Kier molecular flexibility index (Phi) is 5.78. The highest BCUT2D eigenvalue weighted by Crippen LogP contribution is 2.34. The summed E-state index contributed by atoms with van der Waals surface area (Å²) >= 11 is 5.97.